The second-order valence-corrected chi connectivity index (χ2v) is 5.37. The van der Waals surface area contributed by atoms with Crippen molar-refractivity contribution >= 4 is 27.5 Å². The molecule has 0 heterocycles. The van der Waals surface area contributed by atoms with Crippen molar-refractivity contribution in [3.05, 3.63) is 28.2 Å². The van der Waals surface area contributed by atoms with Crippen molar-refractivity contribution in [2.45, 2.75) is 25.9 Å². The molecule has 1 atom stereocenters. The molecular weight excluding hydrogens is 337 g/mol. The first-order valence-electron chi connectivity index (χ1n) is 6.13. The lowest BCUT2D eigenvalue weighted by Gasteiger charge is -2.14. The topological polar surface area (TPSA) is 55.1 Å². The van der Waals surface area contributed by atoms with Crippen molar-refractivity contribution < 1.29 is 18.0 Å². The number of hydrogen-bond donors (Lipinski definition) is 2. The molecule has 1 unspecified atom stereocenters. The van der Waals surface area contributed by atoms with E-state index in [1.165, 1.54) is 6.07 Å². The lowest BCUT2D eigenvalue weighted by Crippen LogP contribution is -2.21. The van der Waals surface area contributed by atoms with Gasteiger partial charge in [0.2, 0.25) is 5.91 Å². The monoisotopic (exact) mass is 352 g/mol. The van der Waals surface area contributed by atoms with E-state index < -0.39 is 11.7 Å². The lowest BCUT2D eigenvalue weighted by molar-refractivity contribution is -0.137. The normalized spacial score (nSPS) is 13.1. The van der Waals surface area contributed by atoms with Crippen LogP contribution in [0.15, 0.2) is 22.7 Å². The van der Waals surface area contributed by atoms with Gasteiger partial charge in [-0.2, -0.15) is 13.2 Å². The van der Waals surface area contributed by atoms with Crippen LogP contribution in [0.2, 0.25) is 0 Å². The van der Waals surface area contributed by atoms with Crippen LogP contribution in [0.1, 0.15) is 25.3 Å². The predicted octanol–water partition coefficient (Wildman–Crippen LogP) is 3.78. The second-order valence-electron chi connectivity index (χ2n) is 4.51. The zero-order valence-electron chi connectivity index (χ0n) is 10.9. The Bertz CT molecular complexity index is 477. The summed E-state index contributed by atoms with van der Waals surface area (Å²) in [6, 6.07) is 3.14. The van der Waals surface area contributed by atoms with Crippen LogP contribution in [-0.4, -0.2) is 12.5 Å². The number of hydrogen-bond acceptors (Lipinski definition) is 2. The van der Waals surface area contributed by atoms with Gasteiger partial charge in [-0.1, -0.05) is 6.92 Å². The van der Waals surface area contributed by atoms with Gasteiger partial charge in [0.15, 0.2) is 0 Å². The highest BCUT2D eigenvalue weighted by atomic mass is 79.9. The number of alkyl halides is 3. The van der Waals surface area contributed by atoms with Gasteiger partial charge >= 0.3 is 6.18 Å². The molecule has 1 amide bonds. The number of nitrogens with one attached hydrogen (secondary N) is 1. The van der Waals surface area contributed by atoms with Crippen LogP contribution in [-0.2, 0) is 11.0 Å². The molecule has 0 fully saturated rings. The van der Waals surface area contributed by atoms with Crippen LogP contribution in [0.4, 0.5) is 18.9 Å². The fourth-order valence-electron chi connectivity index (χ4n) is 1.61. The molecule has 0 saturated carbocycles. The molecule has 20 heavy (non-hydrogen) atoms. The number of nitrogens with two attached hydrogens (primary N) is 1. The maximum atomic E-state index is 12.6. The van der Waals surface area contributed by atoms with Gasteiger partial charge in [0.1, 0.15) is 0 Å². The molecule has 0 aliphatic carbocycles. The molecule has 3 nitrogen and oxygen atoms in total. The Hall–Kier alpha value is -1.08. The highest BCUT2D eigenvalue weighted by Gasteiger charge is 2.31. The number of benzene rings is 1. The van der Waals surface area contributed by atoms with E-state index in [1.54, 1.807) is 6.92 Å². The molecule has 0 aromatic heterocycles. The van der Waals surface area contributed by atoms with Crippen molar-refractivity contribution in [1.82, 2.24) is 0 Å². The van der Waals surface area contributed by atoms with E-state index in [2.05, 4.69) is 21.2 Å². The van der Waals surface area contributed by atoms with E-state index in [-0.39, 0.29) is 17.5 Å². The van der Waals surface area contributed by atoms with E-state index >= 15 is 0 Å². The Morgan fingerprint density at radius 1 is 1.45 bits per heavy atom. The van der Waals surface area contributed by atoms with Gasteiger partial charge in [0, 0.05) is 10.4 Å². The average molecular weight is 353 g/mol. The smallest absolute Gasteiger partial charge is 0.330 e. The average Bonchev–Trinajstić information content (AvgIpc) is 2.37. The Morgan fingerprint density at radius 3 is 2.65 bits per heavy atom. The van der Waals surface area contributed by atoms with E-state index in [4.69, 9.17) is 5.73 Å². The Morgan fingerprint density at radius 2 is 2.10 bits per heavy atom. The highest BCUT2D eigenvalue weighted by Crippen LogP contribution is 2.34. The summed E-state index contributed by atoms with van der Waals surface area (Å²) in [7, 11) is 0. The van der Waals surface area contributed by atoms with E-state index in [0.29, 0.717) is 23.9 Å². The van der Waals surface area contributed by atoms with Gasteiger partial charge in [0.25, 0.3) is 0 Å². The van der Waals surface area contributed by atoms with Crippen LogP contribution in [0.25, 0.3) is 0 Å². The van der Waals surface area contributed by atoms with Gasteiger partial charge in [-0.15, -0.1) is 0 Å². The van der Waals surface area contributed by atoms with Gasteiger partial charge in [-0.25, -0.2) is 0 Å². The maximum absolute atomic E-state index is 12.6. The summed E-state index contributed by atoms with van der Waals surface area (Å²) in [6.45, 7) is 2.19. The molecule has 1 aromatic carbocycles. The standard InChI is InChI=1S/C13H16BrF3N2O/c1-8(3-2-6-18)12(20)19-11-7-9(13(15,16)17)4-5-10(11)14/h4-5,7-8H,2-3,6,18H2,1H3,(H,19,20). The van der Waals surface area contributed by atoms with Gasteiger partial charge in [-0.05, 0) is 53.5 Å². The summed E-state index contributed by atoms with van der Waals surface area (Å²) in [4.78, 5) is 11.9. The molecule has 0 radical (unpaired) electrons. The Kier molecular flexibility index (Phi) is 6.01. The van der Waals surface area contributed by atoms with E-state index in [1.807, 2.05) is 0 Å². The number of carbonyl (C=O) groups is 1. The third-order valence-corrected chi connectivity index (χ3v) is 3.53. The number of anilines is 1. The third kappa shape index (κ3) is 4.79. The van der Waals surface area contributed by atoms with Crippen molar-refractivity contribution in [3.8, 4) is 0 Å². The summed E-state index contributed by atoms with van der Waals surface area (Å²) in [5.41, 5.74) is 4.67. The zero-order chi connectivity index (χ0) is 15.3. The molecule has 112 valence electrons. The summed E-state index contributed by atoms with van der Waals surface area (Å²) in [6.07, 6.45) is -3.15. The molecule has 0 spiro atoms. The minimum atomic E-state index is -4.44. The molecule has 1 aromatic rings. The van der Waals surface area contributed by atoms with Gasteiger partial charge < -0.3 is 11.1 Å². The first-order valence-corrected chi connectivity index (χ1v) is 6.92. The third-order valence-electron chi connectivity index (χ3n) is 2.84. The Labute approximate surface area is 123 Å². The van der Waals surface area contributed by atoms with Gasteiger partial charge in [-0.3, -0.25) is 4.79 Å². The molecule has 1 rings (SSSR count). The largest absolute Gasteiger partial charge is 0.416 e. The van der Waals surface area contributed by atoms with Crippen LogP contribution in [0.5, 0.6) is 0 Å². The summed E-state index contributed by atoms with van der Waals surface area (Å²) in [5.74, 6) is -0.626. The summed E-state index contributed by atoms with van der Waals surface area (Å²) >= 11 is 3.13. The first kappa shape index (κ1) is 17.0. The first-order chi connectivity index (χ1) is 9.25. The maximum Gasteiger partial charge on any atom is 0.416 e. The quantitative estimate of drug-likeness (QED) is 0.847. The van der Waals surface area contributed by atoms with Crippen LogP contribution in [0.3, 0.4) is 0 Å². The minimum Gasteiger partial charge on any atom is -0.330 e. The fourth-order valence-corrected chi connectivity index (χ4v) is 1.95. The van der Waals surface area contributed by atoms with Crippen molar-refractivity contribution in [2.24, 2.45) is 11.7 Å². The van der Waals surface area contributed by atoms with Crippen LogP contribution in [0, 0.1) is 5.92 Å². The Balaban J connectivity index is 2.84. The summed E-state index contributed by atoms with van der Waals surface area (Å²) in [5, 5.41) is 2.50. The van der Waals surface area contributed by atoms with Crippen molar-refractivity contribution in [2.75, 3.05) is 11.9 Å². The minimum absolute atomic E-state index is 0.115. The number of carbonyl (C=O) groups excluding carboxylic acids is 1. The van der Waals surface area contributed by atoms with E-state index in [0.717, 1.165) is 12.1 Å². The predicted molar refractivity (Wildman–Crippen MR) is 75.2 cm³/mol. The number of rotatable bonds is 5. The highest BCUT2D eigenvalue weighted by molar-refractivity contribution is 9.10. The lowest BCUT2D eigenvalue weighted by atomic mass is 10.0. The number of halogens is 4. The summed E-state index contributed by atoms with van der Waals surface area (Å²) < 4.78 is 38.3. The van der Waals surface area contributed by atoms with Crippen molar-refractivity contribution in [3.63, 3.8) is 0 Å². The van der Waals surface area contributed by atoms with Crippen LogP contribution < -0.4 is 11.1 Å². The molecule has 0 aliphatic heterocycles. The molecular formula is C13H16BrF3N2O. The number of amides is 1. The SMILES string of the molecule is CC(CCCN)C(=O)Nc1cc(C(F)(F)F)ccc1Br. The van der Waals surface area contributed by atoms with Gasteiger partial charge in [0.05, 0.1) is 11.3 Å². The molecule has 0 bridgehead atoms. The zero-order valence-corrected chi connectivity index (χ0v) is 12.5. The molecule has 3 N–H and O–H groups in total. The molecule has 0 saturated heterocycles. The fraction of sp³-hybridized carbons (Fsp3) is 0.462. The van der Waals surface area contributed by atoms with E-state index in [9.17, 15) is 18.0 Å². The van der Waals surface area contributed by atoms with Crippen molar-refractivity contribution in [1.29, 1.82) is 0 Å². The second kappa shape index (κ2) is 7.08. The molecule has 7 heteroatoms. The van der Waals surface area contributed by atoms with Crippen LogP contribution >= 0.6 is 15.9 Å². The molecule has 0 aliphatic rings.